The molecule has 0 unspecified atom stereocenters. The second-order valence-corrected chi connectivity index (χ2v) is 7.33. The zero-order chi connectivity index (χ0) is 16.4. The van der Waals surface area contributed by atoms with Crippen LogP contribution >= 0.6 is 11.3 Å². The Hall–Kier alpha value is -1.66. The third kappa shape index (κ3) is 3.64. The number of fused-ring (bicyclic) bond motifs is 1. The molecule has 5 nitrogen and oxygen atoms in total. The first kappa shape index (κ1) is 16.2. The molecule has 2 heterocycles. The molecule has 1 saturated heterocycles. The maximum atomic E-state index is 10.9. The molecule has 2 aromatic rings. The van der Waals surface area contributed by atoms with Gasteiger partial charge >= 0.3 is 0 Å². The van der Waals surface area contributed by atoms with Crippen LogP contribution in [0.15, 0.2) is 12.1 Å². The highest BCUT2D eigenvalue weighted by Crippen LogP contribution is 2.31. The summed E-state index contributed by atoms with van der Waals surface area (Å²) in [6.45, 7) is 11.9. The average molecular weight is 333 g/mol. The summed E-state index contributed by atoms with van der Waals surface area (Å²) in [5.41, 5.74) is 3.76. The number of quaternary nitrogens is 1. The number of rotatable bonds is 4. The zero-order valence-electron chi connectivity index (χ0n) is 14.1. The number of nitrogens with one attached hydrogen (secondary N) is 2. The van der Waals surface area contributed by atoms with Gasteiger partial charge in [-0.3, -0.25) is 4.79 Å². The summed E-state index contributed by atoms with van der Waals surface area (Å²) in [5.74, 6) is 0.0585. The number of anilines is 1. The Kier molecular flexibility index (Phi) is 4.82. The second kappa shape index (κ2) is 6.84. The lowest BCUT2D eigenvalue weighted by molar-refractivity contribution is -0.899. The van der Waals surface area contributed by atoms with Crippen molar-refractivity contribution in [2.24, 2.45) is 0 Å². The second-order valence-electron chi connectivity index (χ2n) is 6.32. The van der Waals surface area contributed by atoms with E-state index < -0.39 is 0 Å². The molecule has 1 aromatic carbocycles. The summed E-state index contributed by atoms with van der Waals surface area (Å²) in [5, 5.41) is 4.03. The summed E-state index contributed by atoms with van der Waals surface area (Å²) in [6, 6.07) is 4.37. The van der Waals surface area contributed by atoms with Gasteiger partial charge in [0.05, 0.1) is 49.5 Å². The Balaban J connectivity index is 1.61. The van der Waals surface area contributed by atoms with Gasteiger partial charge in [0, 0.05) is 6.92 Å². The molecule has 0 radical (unpaired) electrons. The van der Waals surface area contributed by atoms with Crippen molar-refractivity contribution in [3.8, 4) is 0 Å². The van der Waals surface area contributed by atoms with Crippen molar-refractivity contribution in [2.75, 3.05) is 44.2 Å². The van der Waals surface area contributed by atoms with Gasteiger partial charge in [-0.1, -0.05) is 17.4 Å². The van der Waals surface area contributed by atoms with Crippen molar-refractivity contribution >= 4 is 32.6 Å². The molecule has 0 atom stereocenters. The minimum atomic E-state index is 0.0585. The summed E-state index contributed by atoms with van der Waals surface area (Å²) in [4.78, 5) is 19.8. The summed E-state index contributed by atoms with van der Waals surface area (Å²) < 4.78 is 1.28. The van der Waals surface area contributed by atoms with Crippen LogP contribution in [0, 0.1) is 13.8 Å². The fraction of sp³-hybridized carbons (Fsp3) is 0.529. The first-order valence-corrected chi connectivity index (χ1v) is 9.06. The van der Waals surface area contributed by atoms with E-state index in [4.69, 9.17) is 4.98 Å². The molecule has 6 heteroatoms. The van der Waals surface area contributed by atoms with E-state index in [1.807, 2.05) is 0 Å². The van der Waals surface area contributed by atoms with Gasteiger partial charge in [0.1, 0.15) is 0 Å². The number of carbonyl (C=O) groups excluding carboxylic acids is 1. The van der Waals surface area contributed by atoms with E-state index in [1.165, 1.54) is 15.8 Å². The van der Waals surface area contributed by atoms with Crippen LogP contribution in [0.2, 0.25) is 0 Å². The van der Waals surface area contributed by atoms with Crippen LogP contribution in [0.1, 0.15) is 18.1 Å². The van der Waals surface area contributed by atoms with Gasteiger partial charge in [-0.15, -0.1) is 0 Å². The first-order valence-electron chi connectivity index (χ1n) is 8.24. The van der Waals surface area contributed by atoms with E-state index in [1.54, 1.807) is 23.2 Å². The fourth-order valence-electron chi connectivity index (χ4n) is 3.03. The molecule has 0 spiro atoms. The lowest BCUT2D eigenvalue weighted by atomic mass is 10.1. The van der Waals surface area contributed by atoms with Gasteiger partial charge < -0.3 is 15.1 Å². The quantitative estimate of drug-likeness (QED) is 0.868. The van der Waals surface area contributed by atoms with Gasteiger partial charge in [-0.2, -0.15) is 0 Å². The molecule has 3 rings (SSSR count). The molecule has 0 saturated carbocycles. The molecule has 23 heavy (non-hydrogen) atoms. The molecule has 1 aliphatic heterocycles. The van der Waals surface area contributed by atoms with Crippen LogP contribution in [-0.4, -0.2) is 50.2 Å². The Morgan fingerprint density at radius 2 is 2.09 bits per heavy atom. The number of benzene rings is 1. The van der Waals surface area contributed by atoms with Gasteiger partial charge in [-0.05, 0) is 31.0 Å². The summed E-state index contributed by atoms with van der Waals surface area (Å²) >= 11 is 1.80. The predicted molar refractivity (Wildman–Crippen MR) is 95.6 cm³/mol. The van der Waals surface area contributed by atoms with Crippen LogP contribution in [-0.2, 0) is 4.79 Å². The number of hydrogen-bond donors (Lipinski definition) is 2. The van der Waals surface area contributed by atoms with Gasteiger partial charge in [0.15, 0.2) is 5.13 Å². The SMILES string of the molecule is CC(=O)NCC[NH+]1CCN(c2nc3c(C)c(C)ccc3s2)CC1. The number of nitrogens with zero attached hydrogens (tertiary/aromatic N) is 2. The number of aromatic nitrogens is 1. The van der Waals surface area contributed by atoms with Gasteiger partial charge in [0.2, 0.25) is 5.91 Å². The number of hydrogen-bond acceptors (Lipinski definition) is 4. The summed E-state index contributed by atoms with van der Waals surface area (Å²) in [6.07, 6.45) is 0. The minimum absolute atomic E-state index is 0.0585. The Bertz CT molecular complexity index is 704. The topological polar surface area (TPSA) is 49.7 Å². The monoisotopic (exact) mass is 333 g/mol. The maximum Gasteiger partial charge on any atom is 0.217 e. The molecule has 0 aliphatic carbocycles. The van der Waals surface area contributed by atoms with E-state index in [0.717, 1.165) is 49.9 Å². The Labute approximate surface area is 141 Å². The van der Waals surface area contributed by atoms with Crippen LogP contribution < -0.4 is 15.1 Å². The maximum absolute atomic E-state index is 10.9. The van der Waals surface area contributed by atoms with Gasteiger partial charge in [-0.25, -0.2) is 4.98 Å². The number of piperazine rings is 1. The largest absolute Gasteiger partial charge is 0.351 e. The Morgan fingerprint density at radius 3 is 2.78 bits per heavy atom. The Morgan fingerprint density at radius 1 is 1.35 bits per heavy atom. The van der Waals surface area contributed by atoms with Crippen molar-refractivity contribution < 1.29 is 9.69 Å². The molecule has 1 fully saturated rings. The molecular weight excluding hydrogens is 308 g/mol. The highest BCUT2D eigenvalue weighted by molar-refractivity contribution is 7.22. The van der Waals surface area contributed by atoms with E-state index >= 15 is 0 Å². The molecule has 124 valence electrons. The van der Waals surface area contributed by atoms with E-state index in [-0.39, 0.29) is 5.91 Å². The normalized spacial score (nSPS) is 16.0. The number of aryl methyl sites for hydroxylation is 2. The predicted octanol–water partition coefficient (Wildman–Crippen LogP) is 0.754. The van der Waals surface area contributed by atoms with E-state index in [9.17, 15) is 4.79 Å². The van der Waals surface area contributed by atoms with E-state index in [0.29, 0.717) is 0 Å². The molecular formula is C17H25N4OS+. The highest BCUT2D eigenvalue weighted by atomic mass is 32.1. The fourth-order valence-corrected chi connectivity index (χ4v) is 4.11. The van der Waals surface area contributed by atoms with Crippen LogP contribution in [0.3, 0.4) is 0 Å². The van der Waals surface area contributed by atoms with Crippen LogP contribution in [0.4, 0.5) is 5.13 Å². The molecule has 0 bridgehead atoms. The molecule has 1 amide bonds. The third-order valence-corrected chi connectivity index (χ3v) is 5.75. The summed E-state index contributed by atoms with van der Waals surface area (Å²) in [7, 11) is 0. The van der Waals surface area contributed by atoms with Crippen molar-refractivity contribution in [1.29, 1.82) is 0 Å². The lowest BCUT2D eigenvalue weighted by Gasteiger charge is -2.31. The first-order chi connectivity index (χ1) is 11.0. The average Bonchev–Trinajstić information content (AvgIpc) is 2.96. The van der Waals surface area contributed by atoms with Crippen LogP contribution in [0.25, 0.3) is 10.2 Å². The number of carbonyl (C=O) groups is 1. The van der Waals surface area contributed by atoms with Crippen molar-refractivity contribution in [1.82, 2.24) is 10.3 Å². The minimum Gasteiger partial charge on any atom is -0.351 e. The van der Waals surface area contributed by atoms with Crippen LogP contribution in [0.5, 0.6) is 0 Å². The van der Waals surface area contributed by atoms with E-state index in [2.05, 4.69) is 36.2 Å². The lowest BCUT2D eigenvalue weighted by Crippen LogP contribution is -3.15. The third-order valence-electron chi connectivity index (χ3n) is 4.67. The standard InChI is InChI=1S/C17H24N4OS/c1-12-4-5-15-16(13(12)2)19-17(23-15)21-10-8-20(9-11-21)7-6-18-14(3)22/h4-5H,6-11H2,1-3H3,(H,18,22)/p+1. The zero-order valence-corrected chi connectivity index (χ0v) is 14.9. The van der Waals surface area contributed by atoms with Crippen molar-refractivity contribution in [2.45, 2.75) is 20.8 Å². The number of thiazole rings is 1. The van der Waals surface area contributed by atoms with Crippen molar-refractivity contribution in [3.05, 3.63) is 23.3 Å². The number of amides is 1. The molecule has 1 aliphatic rings. The molecule has 2 N–H and O–H groups in total. The highest BCUT2D eigenvalue weighted by Gasteiger charge is 2.22. The van der Waals surface area contributed by atoms with Gasteiger partial charge in [0.25, 0.3) is 0 Å². The smallest absolute Gasteiger partial charge is 0.217 e. The van der Waals surface area contributed by atoms with Crippen molar-refractivity contribution in [3.63, 3.8) is 0 Å². The molecule has 1 aromatic heterocycles.